The molecule has 3 aromatic rings. The highest BCUT2D eigenvalue weighted by Crippen LogP contribution is 2.36. The first-order valence-corrected chi connectivity index (χ1v) is 11.4. The van der Waals surface area contributed by atoms with Gasteiger partial charge in [-0.2, -0.15) is 0 Å². The van der Waals surface area contributed by atoms with E-state index in [2.05, 4.69) is 6.08 Å². The van der Waals surface area contributed by atoms with Gasteiger partial charge in [-0.3, -0.25) is 0 Å². The summed E-state index contributed by atoms with van der Waals surface area (Å²) in [4.78, 5) is 26.1. The van der Waals surface area contributed by atoms with Crippen LogP contribution in [0.25, 0.3) is 0 Å². The zero-order chi connectivity index (χ0) is 23.9. The number of esters is 2. The van der Waals surface area contributed by atoms with Crippen molar-refractivity contribution in [1.82, 2.24) is 0 Å². The lowest BCUT2D eigenvalue weighted by molar-refractivity contribution is -0.0624. The predicted octanol–water partition coefficient (Wildman–Crippen LogP) is 6.26. The summed E-state index contributed by atoms with van der Waals surface area (Å²) in [5.74, 6) is -1.39. The molecule has 0 saturated carbocycles. The third-order valence-corrected chi connectivity index (χ3v) is 6.15. The molecular weight excluding hydrogens is 432 g/mol. The van der Waals surface area contributed by atoms with Gasteiger partial charge in [-0.05, 0) is 43.0 Å². The number of hydrogen-bond acceptors (Lipinski definition) is 6. The van der Waals surface area contributed by atoms with Crippen LogP contribution in [0.4, 0.5) is 0 Å². The van der Waals surface area contributed by atoms with Gasteiger partial charge in [0.25, 0.3) is 0 Å². The lowest BCUT2D eigenvalue weighted by atomic mass is 9.80. The van der Waals surface area contributed by atoms with Crippen molar-refractivity contribution in [2.24, 2.45) is 5.92 Å². The molecule has 6 nitrogen and oxygen atoms in total. The minimum atomic E-state index is -0.731. The SMILES string of the molecule is Cc1ccccc1[C@H]1C/C=C\C=C/C[C@H](C)C(OC(=O)c2ccoc2)C1OC(=O)c1ccoc1. The van der Waals surface area contributed by atoms with E-state index in [-0.39, 0.29) is 11.8 Å². The lowest BCUT2D eigenvalue weighted by Gasteiger charge is -2.36. The van der Waals surface area contributed by atoms with Gasteiger partial charge in [0.15, 0.2) is 0 Å². The molecule has 0 bridgehead atoms. The van der Waals surface area contributed by atoms with Gasteiger partial charge in [0.1, 0.15) is 24.7 Å². The summed E-state index contributed by atoms with van der Waals surface area (Å²) in [5.41, 5.74) is 2.74. The third kappa shape index (κ3) is 5.39. The molecule has 0 amide bonds. The maximum atomic E-state index is 13.1. The molecule has 4 rings (SSSR count). The molecule has 0 saturated heterocycles. The zero-order valence-corrected chi connectivity index (χ0v) is 19.3. The number of carbonyl (C=O) groups excluding carboxylic acids is 2. The van der Waals surface area contributed by atoms with Gasteiger partial charge in [-0.15, -0.1) is 0 Å². The van der Waals surface area contributed by atoms with Crippen LogP contribution in [-0.4, -0.2) is 24.1 Å². The first-order chi connectivity index (χ1) is 16.5. The van der Waals surface area contributed by atoms with Crippen molar-refractivity contribution in [2.45, 2.75) is 44.8 Å². The molecule has 1 aromatic carbocycles. The van der Waals surface area contributed by atoms with Crippen molar-refractivity contribution in [3.8, 4) is 0 Å². The number of allylic oxidation sites excluding steroid dienone is 4. The summed E-state index contributed by atoms with van der Waals surface area (Å²) in [7, 11) is 0. The zero-order valence-electron chi connectivity index (χ0n) is 19.3. The first kappa shape index (κ1) is 23.4. The van der Waals surface area contributed by atoms with Crippen molar-refractivity contribution < 1.29 is 27.9 Å². The molecule has 176 valence electrons. The van der Waals surface area contributed by atoms with Crippen LogP contribution < -0.4 is 0 Å². The van der Waals surface area contributed by atoms with Crippen LogP contribution in [0, 0.1) is 12.8 Å². The monoisotopic (exact) mass is 460 g/mol. The topological polar surface area (TPSA) is 78.9 Å². The van der Waals surface area contributed by atoms with E-state index in [1.807, 2.05) is 56.3 Å². The molecule has 0 radical (unpaired) electrons. The normalized spacial score (nSPS) is 24.6. The molecule has 0 aliphatic heterocycles. The molecule has 0 fully saturated rings. The van der Waals surface area contributed by atoms with Crippen LogP contribution in [0.5, 0.6) is 0 Å². The van der Waals surface area contributed by atoms with Crippen molar-refractivity contribution in [3.05, 3.63) is 108 Å². The highest BCUT2D eigenvalue weighted by atomic mass is 16.6. The van der Waals surface area contributed by atoms with Gasteiger partial charge in [-0.25, -0.2) is 9.59 Å². The van der Waals surface area contributed by atoms with Crippen LogP contribution in [0.1, 0.15) is 57.5 Å². The Kier molecular flexibility index (Phi) is 7.48. The Morgan fingerprint density at radius 2 is 1.41 bits per heavy atom. The number of furan rings is 2. The minimum Gasteiger partial charge on any atom is -0.472 e. The number of hydrogen-bond donors (Lipinski definition) is 0. The fourth-order valence-corrected chi connectivity index (χ4v) is 4.28. The van der Waals surface area contributed by atoms with E-state index in [9.17, 15) is 9.59 Å². The van der Waals surface area contributed by atoms with Gasteiger partial charge in [0.05, 0.1) is 23.7 Å². The van der Waals surface area contributed by atoms with Gasteiger partial charge < -0.3 is 18.3 Å². The Morgan fingerprint density at radius 3 is 2.00 bits per heavy atom. The summed E-state index contributed by atoms with van der Waals surface area (Å²) >= 11 is 0. The Labute approximate surface area is 198 Å². The van der Waals surface area contributed by atoms with E-state index in [0.29, 0.717) is 24.0 Å². The van der Waals surface area contributed by atoms with Crippen LogP contribution >= 0.6 is 0 Å². The molecule has 1 aliphatic rings. The number of carbonyl (C=O) groups is 2. The standard InChI is InChI=1S/C28H28O6/c1-19-9-7-8-11-23(19)24-12-6-4-3-5-10-20(2)25(33-27(29)21-13-15-31-17-21)26(24)34-28(30)22-14-16-32-18-22/h3-9,11,13-18,20,24-26H,10,12H2,1-2H3/b5-3-,6-4-/t20-,24+,25?,26?/m0/s1. The molecule has 0 spiro atoms. The average Bonchev–Trinajstić information content (AvgIpc) is 3.56. The van der Waals surface area contributed by atoms with Crippen molar-refractivity contribution in [1.29, 1.82) is 0 Å². The van der Waals surface area contributed by atoms with E-state index in [1.54, 1.807) is 12.1 Å². The summed E-state index contributed by atoms with van der Waals surface area (Å²) in [5, 5.41) is 0. The molecular formula is C28H28O6. The number of rotatable bonds is 5. The first-order valence-electron chi connectivity index (χ1n) is 11.4. The Hall–Kier alpha value is -3.80. The van der Waals surface area contributed by atoms with E-state index in [0.717, 1.165) is 11.1 Å². The van der Waals surface area contributed by atoms with Gasteiger partial charge in [0, 0.05) is 11.8 Å². The molecule has 6 heteroatoms. The third-order valence-electron chi connectivity index (χ3n) is 6.15. The smallest absolute Gasteiger partial charge is 0.341 e. The molecule has 2 heterocycles. The van der Waals surface area contributed by atoms with Gasteiger partial charge in [0.2, 0.25) is 0 Å². The van der Waals surface area contributed by atoms with Gasteiger partial charge in [-0.1, -0.05) is 55.5 Å². The molecule has 34 heavy (non-hydrogen) atoms. The molecule has 0 N–H and O–H groups in total. The fraction of sp³-hybridized carbons (Fsp3) is 0.286. The maximum absolute atomic E-state index is 13.1. The van der Waals surface area contributed by atoms with E-state index < -0.39 is 24.1 Å². The molecule has 1 aliphatic carbocycles. The highest BCUT2D eigenvalue weighted by Gasteiger charge is 2.40. The maximum Gasteiger partial charge on any atom is 0.341 e. The van der Waals surface area contributed by atoms with E-state index in [4.69, 9.17) is 18.3 Å². The molecule has 2 unspecified atom stereocenters. The number of aryl methyl sites for hydroxylation is 1. The summed E-state index contributed by atoms with van der Waals surface area (Å²) in [6.45, 7) is 4.03. The van der Waals surface area contributed by atoms with Crippen LogP contribution in [0.2, 0.25) is 0 Å². The second kappa shape index (κ2) is 10.9. The number of benzene rings is 1. The van der Waals surface area contributed by atoms with Gasteiger partial charge >= 0.3 is 11.9 Å². The van der Waals surface area contributed by atoms with Crippen molar-refractivity contribution in [3.63, 3.8) is 0 Å². The summed E-state index contributed by atoms with van der Waals surface area (Å²) in [6, 6.07) is 11.1. The predicted molar refractivity (Wildman–Crippen MR) is 126 cm³/mol. The minimum absolute atomic E-state index is 0.118. The van der Waals surface area contributed by atoms with Crippen molar-refractivity contribution in [2.75, 3.05) is 0 Å². The summed E-state index contributed by atoms with van der Waals surface area (Å²) < 4.78 is 22.3. The molecule has 2 aromatic heterocycles. The fourth-order valence-electron chi connectivity index (χ4n) is 4.28. The van der Waals surface area contributed by atoms with Crippen LogP contribution in [0.3, 0.4) is 0 Å². The second-order valence-electron chi connectivity index (χ2n) is 8.53. The van der Waals surface area contributed by atoms with Crippen molar-refractivity contribution >= 4 is 11.9 Å². The second-order valence-corrected chi connectivity index (χ2v) is 8.53. The average molecular weight is 461 g/mol. The summed E-state index contributed by atoms with van der Waals surface area (Å²) in [6.07, 6.45) is 13.5. The van der Waals surface area contributed by atoms with E-state index in [1.165, 1.54) is 25.1 Å². The quantitative estimate of drug-likeness (QED) is 0.418. The largest absolute Gasteiger partial charge is 0.472 e. The number of ether oxygens (including phenoxy) is 2. The Balaban J connectivity index is 1.77. The Bertz CT molecular complexity index is 1140. The Morgan fingerprint density at radius 1 is 0.824 bits per heavy atom. The molecule has 4 atom stereocenters. The van der Waals surface area contributed by atoms with Crippen LogP contribution in [-0.2, 0) is 9.47 Å². The lowest BCUT2D eigenvalue weighted by Crippen LogP contribution is -2.43. The highest BCUT2D eigenvalue weighted by molar-refractivity contribution is 5.90. The van der Waals surface area contributed by atoms with Crippen LogP contribution in [0.15, 0.2) is 94.6 Å². The van der Waals surface area contributed by atoms with E-state index >= 15 is 0 Å².